The maximum atomic E-state index is 5.85. The van der Waals surface area contributed by atoms with Gasteiger partial charge in [0.05, 0.1) is 19.3 Å². The molecule has 0 amide bonds. The Morgan fingerprint density at radius 2 is 2.22 bits per heavy atom. The molecule has 2 heterocycles. The Kier molecular flexibility index (Phi) is 5.01. The molecule has 4 nitrogen and oxygen atoms in total. The summed E-state index contributed by atoms with van der Waals surface area (Å²) in [5, 5.41) is 3.65. The normalized spacial score (nSPS) is 35.0. The lowest BCUT2D eigenvalue weighted by Crippen LogP contribution is -2.55. The van der Waals surface area contributed by atoms with Gasteiger partial charge in [-0.3, -0.25) is 4.90 Å². The van der Waals surface area contributed by atoms with Crippen molar-refractivity contribution in [3.8, 4) is 0 Å². The molecule has 106 valence electrons. The highest BCUT2D eigenvalue weighted by atomic mass is 16.5. The summed E-state index contributed by atoms with van der Waals surface area (Å²) in [5.41, 5.74) is 0.141. The molecule has 0 aliphatic carbocycles. The van der Waals surface area contributed by atoms with Crippen LogP contribution < -0.4 is 5.32 Å². The second-order valence-corrected chi connectivity index (χ2v) is 6.18. The van der Waals surface area contributed by atoms with Gasteiger partial charge in [0.2, 0.25) is 0 Å². The van der Waals surface area contributed by atoms with E-state index in [4.69, 9.17) is 9.47 Å². The fraction of sp³-hybridized carbons (Fsp3) is 1.00. The Balaban J connectivity index is 1.75. The van der Waals surface area contributed by atoms with Gasteiger partial charge in [-0.05, 0) is 33.6 Å². The first-order chi connectivity index (χ1) is 8.59. The van der Waals surface area contributed by atoms with Crippen LogP contribution in [0.25, 0.3) is 0 Å². The van der Waals surface area contributed by atoms with Crippen LogP contribution in [0, 0.1) is 0 Å². The number of rotatable bonds is 4. The first kappa shape index (κ1) is 14.3. The second kappa shape index (κ2) is 6.33. The molecule has 2 saturated heterocycles. The molecule has 0 aromatic heterocycles. The van der Waals surface area contributed by atoms with E-state index in [0.29, 0.717) is 12.1 Å². The van der Waals surface area contributed by atoms with Crippen molar-refractivity contribution in [2.24, 2.45) is 0 Å². The molecule has 1 N–H and O–H groups in total. The topological polar surface area (TPSA) is 33.7 Å². The smallest absolute Gasteiger partial charge is 0.0827 e. The summed E-state index contributed by atoms with van der Waals surface area (Å²) in [7, 11) is 0. The van der Waals surface area contributed by atoms with Gasteiger partial charge in [0.1, 0.15) is 0 Å². The van der Waals surface area contributed by atoms with Crippen LogP contribution in [0.5, 0.6) is 0 Å². The number of ether oxygens (including phenoxy) is 2. The molecule has 2 aliphatic rings. The number of morpholine rings is 1. The average molecular weight is 256 g/mol. The maximum absolute atomic E-state index is 5.85. The summed E-state index contributed by atoms with van der Waals surface area (Å²) < 4.78 is 11.4. The Bertz CT molecular complexity index is 252. The highest BCUT2D eigenvalue weighted by molar-refractivity contribution is 4.87. The predicted molar refractivity (Wildman–Crippen MR) is 72.9 cm³/mol. The van der Waals surface area contributed by atoms with E-state index in [1.807, 2.05) is 0 Å². The van der Waals surface area contributed by atoms with Gasteiger partial charge < -0.3 is 14.8 Å². The van der Waals surface area contributed by atoms with E-state index >= 15 is 0 Å². The van der Waals surface area contributed by atoms with Crippen LogP contribution in [0.2, 0.25) is 0 Å². The summed E-state index contributed by atoms with van der Waals surface area (Å²) in [5.74, 6) is 0. The molecular weight excluding hydrogens is 228 g/mol. The molecule has 0 aromatic carbocycles. The first-order valence-corrected chi connectivity index (χ1v) is 7.27. The first-order valence-electron chi connectivity index (χ1n) is 7.27. The second-order valence-electron chi connectivity index (χ2n) is 6.18. The standard InChI is InChI=1S/C14H28N2O2/c1-12(2)16-6-8-18-13(10-16)9-15-14(3)5-4-7-17-11-14/h12-13,15H,4-11H2,1-3H3. The van der Waals surface area contributed by atoms with Crippen LogP contribution in [0.1, 0.15) is 33.6 Å². The quantitative estimate of drug-likeness (QED) is 0.821. The summed E-state index contributed by atoms with van der Waals surface area (Å²) >= 11 is 0. The Morgan fingerprint density at radius 1 is 1.39 bits per heavy atom. The predicted octanol–water partition coefficient (Wildman–Crippen LogP) is 1.25. The number of hydrogen-bond donors (Lipinski definition) is 1. The number of nitrogens with one attached hydrogen (secondary N) is 1. The molecule has 0 saturated carbocycles. The molecule has 2 rings (SSSR count). The fourth-order valence-corrected chi connectivity index (χ4v) is 2.77. The minimum atomic E-state index is 0.141. The molecule has 0 spiro atoms. The monoisotopic (exact) mass is 256 g/mol. The minimum absolute atomic E-state index is 0.141. The minimum Gasteiger partial charge on any atom is -0.380 e. The van der Waals surface area contributed by atoms with Gasteiger partial charge in [0, 0.05) is 37.8 Å². The van der Waals surface area contributed by atoms with E-state index in [1.165, 1.54) is 6.42 Å². The van der Waals surface area contributed by atoms with Crippen molar-refractivity contribution in [1.82, 2.24) is 10.2 Å². The zero-order valence-electron chi connectivity index (χ0n) is 12.1. The van der Waals surface area contributed by atoms with Crippen LogP contribution in [0.4, 0.5) is 0 Å². The van der Waals surface area contributed by atoms with E-state index < -0.39 is 0 Å². The lowest BCUT2D eigenvalue weighted by atomic mass is 9.94. The van der Waals surface area contributed by atoms with E-state index in [9.17, 15) is 0 Å². The Morgan fingerprint density at radius 3 is 2.89 bits per heavy atom. The third kappa shape index (κ3) is 3.92. The third-order valence-corrected chi connectivity index (χ3v) is 4.09. The summed E-state index contributed by atoms with van der Waals surface area (Å²) in [6, 6.07) is 0.616. The summed E-state index contributed by atoms with van der Waals surface area (Å²) in [6.07, 6.45) is 2.68. The molecule has 4 heteroatoms. The molecule has 2 atom stereocenters. The zero-order valence-corrected chi connectivity index (χ0v) is 12.1. The number of hydrogen-bond acceptors (Lipinski definition) is 4. The maximum Gasteiger partial charge on any atom is 0.0827 e. The van der Waals surface area contributed by atoms with Gasteiger partial charge in [-0.1, -0.05) is 0 Å². The average Bonchev–Trinajstić information content (AvgIpc) is 2.38. The van der Waals surface area contributed by atoms with Gasteiger partial charge in [0.25, 0.3) is 0 Å². The molecular formula is C14H28N2O2. The lowest BCUT2D eigenvalue weighted by Gasteiger charge is -2.39. The summed E-state index contributed by atoms with van der Waals surface area (Å²) in [4.78, 5) is 2.50. The SMILES string of the molecule is CC(C)N1CCOC(CNC2(C)CCCOC2)C1. The van der Waals surface area contributed by atoms with Crippen molar-refractivity contribution in [3.63, 3.8) is 0 Å². The van der Waals surface area contributed by atoms with Crippen LogP contribution in [0.15, 0.2) is 0 Å². The molecule has 2 fully saturated rings. The van der Waals surface area contributed by atoms with Crippen molar-refractivity contribution < 1.29 is 9.47 Å². The van der Waals surface area contributed by atoms with Crippen LogP contribution >= 0.6 is 0 Å². The molecule has 18 heavy (non-hydrogen) atoms. The van der Waals surface area contributed by atoms with Crippen molar-refractivity contribution in [2.75, 3.05) is 39.5 Å². The molecule has 2 aliphatic heterocycles. The largest absolute Gasteiger partial charge is 0.380 e. The lowest BCUT2D eigenvalue weighted by molar-refractivity contribution is -0.0458. The van der Waals surface area contributed by atoms with Gasteiger partial charge >= 0.3 is 0 Å². The number of nitrogens with zero attached hydrogens (tertiary/aromatic N) is 1. The van der Waals surface area contributed by atoms with Gasteiger partial charge in [-0.2, -0.15) is 0 Å². The van der Waals surface area contributed by atoms with E-state index in [1.54, 1.807) is 0 Å². The zero-order chi connectivity index (χ0) is 13.0. The van der Waals surface area contributed by atoms with Gasteiger partial charge in [-0.15, -0.1) is 0 Å². The van der Waals surface area contributed by atoms with Crippen molar-refractivity contribution in [3.05, 3.63) is 0 Å². The van der Waals surface area contributed by atoms with Crippen LogP contribution in [0.3, 0.4) is 0 Å². The summed E-state index contributed by atoms with van der Waals surface area (Å²) in [6.45, 7) is 12.4. The highest BCUT2D eigenvalue weighted by Gasteiger charge is 2.29. The van der Waals surface area contributed by atoms with E-state index in [2.05, 4.69) is 31.0 Å². The van der Waals surface area contributed by atoms with E-state index in [-0.39, 0.29) is 5.54 Å². The van der Waals surface area contributed by atoms with E-state index in [0.717, 1.165) is 45.9 Å². The Labute approximate surface area is 111 Å². The van der Waals surface area contributed by atoms with Crippen molar-refractivity contribution in [2.45, 2.75) is 51.3 Å². The molecule has 0 radical (unpaired) electrons. The van der Waals surface area contributed by atoms with Gasteiger partial charge in [0.15, 0.2) is 0 Å². The molecule has 0 aromatic rings. The molecule has 2 unspecified atom stereocenters. The van der Waals surface area contributed by atoms with Crippen LogP contribution in [-0.4, -0.2) is 62.0 Å². The van der Waals surface area contributed by atoms with Crippen molar-refractivity contribution >= 4 is 0 Å². The highest BCUT2D eigenvalue weighted by Crippen LogP contribution is 2.18. The third-order valence-electron chi connectivity index (χ3n) is 4.09. The Hall–Kier alpha value is -0.160. The molecule has 0 bridgehead atoms. The van der Waals surface area contributed by atoms with Crippen LogP contribution in [-0.2, 0) is 9.47 Å². The fourth-order valence-electron chi connectivity index (χ4n) is 2.77. The van der Waals surface area contributed by atoms with Gasteiger partial charge in [-0.25, -0.2) is 0 Å². The van der Waals surface area contributed by atoms with Crippen molar-refractivity contribution in [1.29, 1.82) is 0 Å².